The molecule has 0 bridgehead atoms. The van der Waals surface area contributed by atoms with E-state index in [0.29, 0.717) is 23.4 Å². The van der Waals surface area contributed by atoms with Crippen LogP contribution in [0.4, 0.5) is 5.69 Å². The lowest BCUT2D eigenvalue weighted by atomic mass is 9.76. The number of aromatic hydroxyl groups is 2. The Balaban J connectivity index is 1.43. The Hall–Kier alpha value is -2.95. The van der Waals surface area contributed by atoms with E-state index in [1.807, 2.05) is 12.1 Å². The van der Waals surface area contributed by atoms with Gasteiger partial charge in [0, 0.05) is 28.4 Å². The molecule has 9 nitrogen and oxygen atoms in total. The number of rotatable bonds is 4. The van der Waals surface area contributed by atoms with E-state index in [-0.39, 0.29) is 48.3 Å². The third-order valence-corrected chi connectivity index (χ3v) is 8.17. The molecule has 4 aliphatic heterocycles. The molecule has 4 heterocycles. The van der Waals surface area contributed by atoms with Crippen molar-refractivity contribution in [3.8, 4) is 11.5 Å². The van der Waals surface area contributed by atoms with Gasteiger partial charge in [0.05, 0.1) is 24.5 Å². The first-order valence-electron chi connectivity index (χ1n) is 11.7. The number of phenolic OH excluding ortho intramolecular Hbond substituents is 2. The van der Waals surface area contributed by atoms with E-state index in [1.165, 1.54) is 17.0 Å². The number of carbonyl (C=O) groups is 3. The first kappa shape index (κ1) is 22.5. The Morgan fingerprint density at radius 1 is 1.09 bits per heavy atom. The molecule has 3 amide bonds. The molecule has 1 spiro atoms. The molecule has 4 aliphatic rings. The van der Waals surface area contributed by atoms with Crippen LogP contribution in [-0.4, -0.2) is 58.1 Å². The lowest BCUT2D eigenvalue weighted by molar-refractivity contribution is -0.144. The van der Waals surface area contributed by atoms with Gasteiger partial charge in [0.1, 0.15) is 5.54 Å². The van der Waals surface area contributed by atoms with Crippen molar-refractivity contribution in [2.24, 2.45) is 11.8 Å². The normalized spacial score (nSPS) is 31.3. The summed E-state index contributed by atoms with van der Waals surface area (Å²) in [7, 11) is 0. The summed E-state index contributed by atoms with van der Waals surface area (Å²) in [4.78, 5) is 42.4. The fourth-order valence-corrected chi connectivity index (χ4v) is 6.49. The van der Waals surface area contributed by atoms with Gasteiger partial charge >= 0.3 is 0 Å². The number of fused-ring (bicyclic) bond motifs is 4. The predicted molar refractivity (Wildman–Crippen MR) is 128 cm³/mol. The van der Waals surface area contributed by atoms with Crippen LogP contribution in [0.15, 0.2) is 40.9 Å². The minimum absolute atomic E-state index is 0.181. The Morgan fingerprint density at radius 3 is 2.66 bits per heavy atom. The molecule has 182 valence electrons. The lowest BCUT2D eigenvalue weighted by Crippen LogP contribution is -2.54. The fourth-order valence-electron chi connectivity index (χ4n) is 6.13. The standard InChI is InChI=1S/C25H24BrN3O6/c26-13-4-5-16-15(10-13)25(24(34)27-16)21-20(17(28-25)8-12-3-6-18(30)19(31)9-12)22(32)29(23(21)33)11-14-2-1-7-35-14/h3-6,9-10,14,17,20-21,28,30-31H,1-2,7-8,11H2,(H,27,34)/t14?,17-,20-,21+,25+/m0/s1. The molecule has 0 aromatic heterocycles. The molecule has 35 heavy (non-hydrogen) atoms. The van der Waals surface area contributed by atoms with Gasteiger partial charge in [-0.15, -0.1) is 0 Å². The molecule has 2 aromatic rings. The molecule has 6 rings (SSSR count). The highest BCUT2D eigenvalue weighted by Crippen LogP contribution is 2.54. The maximum atomic E-state index is 13.8. The first-order valence-corrected chi connectivity index (χ1v) is 12.5. The summed E-state index contributed by atoms with van der Waals surface area (Å²) < 4.78 is 6.45. The lowest BCUT2D eigenvalue weighted by Gasteiger charge is -2.30. The topological polar surface area (TPSA) is 128 Å². The van der Waals surface area contributed by atoms with Crippen molar-refractivity contribution in [2.45, 2.75) is 36.9 Å². The number of likely N-dealkylation sites (tertiary alicyclic amines) is 1. The molecule has 4 N–H and O–H groups in total. The molecule has 3 saturated heterocycles. The van der Waals surface area contributed by atoms with Crippen LogP contribution in [0.5, 0.6) is 11.5 Å². The van der Waals surface area contributed by atoms with E-state index in [9.17, 15) is 24.6 Å². The van der Waals surface area contributed by atoms with Crippen LogP contribution in [0.3, 0.4) is 0 Å². The van der Waals surface area contributed by atoms with Crippen LogP contribution >= 0.6 is 15.9 Å². The fraction of sp³-hybridized carbons (Fsp3) is 0.400. The SMILES string of the molecule is O=C1[C@H]2[C@H](Cc3ccc(O)c(O)c3)N[C@@]3(C(=O)Nc4ccc(Br)cc43)[C@H]2C(=O)N1CC1CCCO1. The summed E-state index contributed by atoms with van der Waals surface area (Å²) in [6, 6.07) is 9.32. The molecule has 3 fully saturated rings. The van der Waals surface area contributed by atoms with Crippen molar-refractivity contribution in [1.29, 1.82) is 0 Å². The van der Waals surface area contributed by atoms with Crippen LogP contribution in [0.25, 0.3) is 0 Å². The number of nitrogens with one attached hydrogen (secondary N) is 2. The van der Waals surface area contributed by atoms with Gasteiger partial charge < -0.3 is 20.3 Å². The number of hydrogen-bond acceptors (Lipinski definition) is 7. The highest BCUT2D eigenvalue weighted by Gasteiger charge is 2.70. The molecule has 2 aromatic carbocycles. The van der Waals surface area contributed by atoms with E-state index >= 15 is 0 Å². The van der Waals surface area contributed by atoms with E-state index < -0.39 is 23.4 Å². The van der Waals surface area contributed by atoms with Gasteiger partial charge in [0.25, 0.3) is 0 Å². The number of halogens is 1. The number of nitrogens with zero attached hydrogens (tertiary/aromatic N) is 1. The van der Waals surface area contributed by atoms with Gasteiger partial charge in [0.15, 0.2) is 11.5 Å². The number of ether oxygens (including phenoxy) is 1. The summed E-state index contributed by atoms with van der Waals surface area (Å²) >= 11 is 3.47. The van der Waals surface area contributed by atoms with Crippen LogP contribution in [-0.2, 0) is 31.1 Å². The molecular formula is C25H24BrN3O6. The summed E-state index contributed by atoms with van der Waals surface area (Å²) in [5, 5.41) is 26.0. The second-order valence-corrected chi connectivity index (χ2v) is 10.6. The van der Waals surface area contributed by atoms with Crippen LogP contribution < -0.4 is 10.6 Å². The Morgan fingerprint density at radius 2 is 1.91 bits per heavy atom. The number of phenols is 2. The Labute approximate surface area is 209 Å². The summed E-state index contributed by atoms with van der Waals surface area (Å²) in [5.74, 6) is -3.25. The highest BCUT2D eigenvalue weighted by atomic mass is 79.9. The van der Waals surface area contributed by atoms with E-state index in [2.05, 4.69) is 26.6 Å². The molecule has 0 saturated carbocycles. The number of hydrogen-bond donors (Lipinski definition) is 4. The van der Waals surface area contributed by atoms with Gasteiger partial charge in [-0.2, -0.15) is 0 Å². The molecular weight excluding hydrogens is 518 g/mol. The zero-order chi connectivity index (χ0) is 24.5. The van der Waals surface area contributed by atoms with Crippen LogP contribution in [0.1, 0.15) is 24.0 Å². The zero-order valence-corrected chi connectivity index (χ0v) is 20.2. The Kier molecular flexibility index (Phi) is 5.17. The number of carbonyl (C=O) groups excluding carboxylic acids is 3. The van der Waals surface area contributed by atoms with Crippen molar-refractivity contribution in [3.05, 3.63) is 52.0 Å². The molecule has 5 atom stereocenters. The average Bonchev–Trinajstić information content (AvgIpc) is 3.56. The van der Waals surface area contributed by atoms with Crippen molar-refractivity contribution >= 4 is 39.3 Å². The number of imide groups is 1. The summed E-state index contributed by atoms with van der Waals surface area (Å²) in [6.07, 6.45) is 1.75. The first-order chi connectivity index (χ1) is 16.8. The number of amides is 3. The number of anilines is 1. The molecule has 10 heteroatoms. The monoisotopic (exact) mass is 541 g/mol. The van der Waals surface area contributed by atoms with E-state index in [4.69, 9.17) is 4.74 Å². The van der Waals surface area contributed by atoms with Gasteiger partial charge in [-0.05, 0) is 55.2 Å². The van der Waals surface area contributed by atoms with Crippen molar-refractivity contribution < 1.29 is 29.3 Å². The van der Waals surface area contributed by atoms with Crippen LogP contribution in [0, 0.1) is 11.8 Å². The second kappa shape index (κ2) is 8.04. The minimum Gasteiger partial charge on any atom is -0.504 e. The molecule has 0 aliphatic carbocycles. The molecule has 0 radical (unpaired) electrons. The summed E-state index contributed by atoms with van der Waals surface area (Å²) in [5.41, 5.74) is 0.498. The van der Waals surface area contributed by atoms with Gasteiger partial charge in [-0.1, -0.05) is 22.0 Å². The Bertz CT molecular complexity index is 1260. The largest absolute Gasteiger partial charge is 0.504 e. The quantitative estimate of drug-likeness (QED) is 0.344. The maximum Gasteiger partial charge on any atom is 0.250 e. The van der Waals surface area contributed by atoms with E-state index in [1.54, 1.807) is 12.1 Å². The van der Waals surface area contributed by atoms with Gasteiger partial charge in [-0.3, -0.25) is 24.6 Å². The van der Waals surface area contributed by atoms with Crippen molar-refractivity contribution in [2.75, 3.05) is 18.5 Å². The highest BCUT2D eigenvalue weighted by molar-refractivity contribution is 9.10. The third kappa shape index (κ3) is 3.30. The second-order valence-electron chi connectivity index (χ2n) is 9.66. The van der Waals surface area contributed by atoms with Crippen molar-refractivity contribution in [1.82, 2.24) is 10.2 Å². The number of benzene rings is 2. The summed E-state index contributed by atoms with van der Waals surface area (Å²) in [6.45, 7) is 0.788. The predicted octanol–water partition coefficient (Wildman–Crippen LogP) is 2.00. The zero-order valence-electron chi connectivity index (χ0n) is 18.7. The molecule has 1 unspecified atom stereocenters. The average molecular weight is 542 g/mol. The van der Waals surface area contributed by atoms with E-state index in [0.717, 1.165) is 17.3 Å². The smallest absolute Gasteiger partial charge is 0.250 e. The maximum absolute atomic E-state index is 13.8. The minimum atomic E-state index is -1.40. The third-order valence-electron chi connectivity index (χ3n) is 7.67. The van der Waals surface area contributed by atoms with Gasteiger partial charge in [0.2, 0.25) is 17.7 Å². The van der Waals surface area contributed by atoms with Crippen molar-refractivity contribution in [3.63, 3.8) is 0 Å². The van der Waals surface area contributed by atoms with Gasteiger partial charge in [-0.25, -0.2) is 0 Å². The van der Waals surface area contributed by atoms with Crippen LogP contribution in [0.2, 0.25) is 0 Å².